The van der Waals surface area contributed by atoms with Gasteiger partial charge in [0, 0.05) is 5.41 Å². The van der Waals surface area contributed by atoms with Crippen LogP contribution in [-0.2, 0) is 0 Å². The number of hydrogen-bond acceptors (Lipinski definition) is 1. The summed E-state index contributed by atoms with van der Waals surface area (Å²) in [6.45, 7) is 10.8. The monoisotopic (exact) mass is 184 g/mol. The average Bonchev–Trinajstić information content (AvgIpc) is 1.95. The molecule has 0 aliphatic rings. The highest BCUT2D eigenvalue weighted by Gasteiger charge is 2.04. The third-order valence-electron chi connectivity index (χ3n) is 1.22. The van der Waals surface area contributed by atoms with E-state index >= 15 is 0 Å². The first-order chi connectivity index (χ1) is 5.45. The van der Waals surface area contributed by atoms with Crippen molar-refractivity contribution in [3.05, 3.63) is 0 Å². The maximum Gasteiger partial charge on any atom is 0.0629 e. The van der Waals surface area contributed by atoms with Crippen molar-refractivity contribution < 1.29 is 0 Å². The smallest absolute Gasteiger partial charge is 0.0629 e. The van der Waals surface area contributed by atoms with Crippen molar-refractivity contribution in [3.8, 4) is 11.8 Å². The quantitative estimate of drug-likeness (QED) is 0.604. The molecule has 0 fully saturated rings. The first-order valence-electron chi connectivity index (χ1n) is 4.60. The van der Waals surface area contributed by atoms with Crippen LogP contribution < -0.4 is 0 Å². The van der Waals surface area contributed by atoms with Crippen molar-refractivity contribution in [1.82, 2.24) is 0 Å². The zero-order chi connectivity index (χ0) is 9.61. The van der Waals surface area contributed by atoms with Crippen molar-refractivity contribution >= 4 is 11.8 Å². The number of hydrogen-bond donors (Lipinski definition) is 0. The molecule has 0 aromatic rings. The minimum absolute atomic E-state index is 0.154. The third-order valence-corrected chi connectivity index (χ3v) is 2.48. The normalized spacial score (nSPS) is 13.4. The molecule has 0 spiro atoms. The Bertz CT molecular complexity index is 166. The van der Waals surface area contributed by atoms with Gasteiger partial charge in [-0.05, 0) is 39.9 Å². The molecule has 0 saturated heterocycles. The first kappa shape index (κ1) is 11.9. The van der Waals surface area contributed by atoms with E-state index in [4.69, 9.17) is 0 Å². The molecule has 0 amide bonds. The van der Waals surface area contributed by atoms with Crippen molar-refractivity contribution in [3.63, 3.8) is 0 Å². The molecule has 0 radical (unpaired) electrons. The molecule has 0 bridgehead atoms. The molecule has 0 nitrogen and oxygen atoms in total. The maximum atomic E-state index is 3.27. The first-order valence-corrected chi connectivity index (χ1v) is 5.65. The molecule has 0 saturated carbocycles. The molecule has 0 aromatic carbocycles. The lowest BCUT2D eigenvalue weighted by Crippen LogP contribution is -2.02. The van der Waals surface area contributed by atoms with E-state index in [1.165, 1.54) is 12.2 Å². The Morgan fingerprint density at radius 2 is 1.92 bits per heavy atom. The lowest BCUT2D eigenvalue weighted by atomic mass is 9.98. The van der Waals surface area contributed by atoms with Crippen LogP contribution in [0, 0.1) is 17.3 Å². The summed E-state index contributed by atoms with van der Waals surface area (Å²) >= 11 is 1.94. The predicted molar refractivity (Wildman–Crippen MR) is 59.4 cm³/mol. The largest absolute Gasteiger partial charge is 0.146 e. The summed E-state index contributed by atoms with van der Waals surface area (Å²) in [7, 11) is 0. The van der Waals surface area contributed by atoms with E-state index < -0.39 is 0 Å². The molecule has 0 heterocycles. The minimum atomic E-state index is 0.154. The molecule has 12 heavy (non-hydrogen) atoms. The fourth-order valence-electron chi connectivity index (χ4n) is 0.654. The van der Waals surface area contributed by atoms with Gasteiger partial charge in [-0.25, -0.2) is 0 Å². The van der Waals surface area contributed by atoms with Gasteiger partial charge in [-0.3, -0.25) is 0 Å². The SMILES string of the molecule is CCCSC(C)C#CC(C)(C)C. The summed E-state index contributed by atoms with van der Waals surface area (Å²) in [5.74, 6) is 7.75. The van der Waals surface area contributed by atoms with Gasteiger partial charge in [0.2, 0.25) is 0 Å². The molecule has 0 rings (SSSR count). The zero-order valence-electron chi connectivity index (χ0n) is 8.90. The van der Waals surface area contributed by atoms with Gasteiger partial charge in [0.25, 0.3) is 0 Å². The Labute approximate surface area is 81.5 Å². The van der Waals surface area contributed by atoms with Crippen LogP contribution in [0.3, 0.4) is 0 Å². The lowest BCUT2D eigenvalue weighted by molar-refractivity contribution is 0.570. The second kappa shape index (κ2) is 5.54. The van der Waals surface area contributed by atoms with Crippen LogP contribution in [0.1, 0.15) is 41.0 Å². The summed E-state index contributed by atoms with van der Waals surface area (Å²) in [4.78, 5) is 0. The van der Waals surface area contributed by atoms with E-state index in [9.17, 15) is 0 Å². The van der Waals surface area contributed by atoms with E-state index in [0.717, 1.165) is 0 Å². The van der Waals surface area contributed by atoms with Crippen molar-refractivity contribution in [2.75, 3.05) is 5.75 Å². The number of thioether (sulfide) groups is 1. The van der Waals surface area contributed by atoms with E-state index in [1.807, 2.05) is 11.8 Å². The van der Waals surface area contributed by atoms with Crippen LogP contribution in [0.15, 0.2) is 0 Å². The molecule has 70 valence electrons. The highest BCUT2D eigenvalue weighted by Crippen LogP contribution is 2.13. The second-order valence-corrected chi connectivity index (χ2v) is 5.48. The van der Waals surface area contributed by atoms with Gasteiger partial charge in [0.15, 0.2) is 0 Å². The highest BCUT2D eigenvalue weighted by molar-refractivity contribution is 8.00. The van der Waals surface area contributed by atoms with E-state index in [2.05, 4.69) is 46.5 Å². The second-order valence-electron chi connectivity index (χ2n) is 4.03. The Balaban J connectivity index is 3.79. The summed E-state index contributed by atoms with van der Waals surface area (Å²) < 4.78 is 0. The van der Waals surface area contributed by atoms with Gasteiger partial charge in [-0.2, -0.15) is 0 Å². The Kier molecular flexibility index (Phi) is 5.50. The van der Waals surface area contributed by atoms with E-state index in [1.54, 1.807) is 0 Å². The molecule has 1 unspecified atom stereocenters. The lowest BCUT2D eigenvalue weighted by Gasteiger charge is -2.08. The molecule has 1 atom stereocenters. The van der Waals surface area contributed by atoms with Crippen LogP contribution in [0.4, 0.5) is 0 Å². The molecule has 0 aliphatic heterocycles. The van der Waals surface area contributed by atoms with Crippen LogP contribution >= 0.6 is 11.8 Å². The molecule has 1 heteroatoms. The summed E-state index contributed by atoms with van der Waals surface area (Å²) in [6, 6.07) is 0. The van der Waals surface area contributed by atoms with Crippen LogP contribution in [0.2, 0.25) is 0 Å². The fraction of sp³-hybridized carbons (Fsp3) is 0.818. The highest BCUT2D eigenvalue weighted by atomic mass is 32.2. The topological polar surface area (TPSA) is 0 Å². The molecule has 0 aliphatic carbocycles. The predicted octanol–water partition coefficient (Wildman–Crippen LogP) is 3.57. The van der Waals surface area contributed by atoms with Gasteiger partial charge >= 0.3 is 0 Å². The van der Waals surface area contributed by atoms with Crippen molar-refractivity contribution in [2.45, 2.75) is 46.3 Å². The van der Waals surface area contributed by atoms with Gasteiger partial charge in [-0.15, -0.1) is 11.8 Å². The Morgan fingerprint density at radius 1 is 1.33 bits per heavy atom. The van der Waals surface area contributed by atoms with Gasteiger partial charge in [0.1, 0.15) is 0 Å². The third kappa shape index (κ3) is 8.01. The zero-order valence-corrected chi connectivity index (χ0v) is 9.72. The molecular formula is C11H20S. The fourth-order valence-corrected chi connectivity index (χ4v) is 1.39. The van der Waals surface area contributed by atoms with E-state index in [0.29, 0.717) is 5.25 Å². The summed E-state index contributed by atoms with van der Waals surface area (Å²) in [6.07, 6.45) is 1.24. The van der Waals surface area contributed by atoms with Gasteiger partial charge in [0.05, 0.1) is 5.25 Å². The molecule has 0 N–H and O–H groups in total. The Morgan fingerprint density at radius 3 is 2.33 bits per heavy atom. The van der Waals surface area contributed by atoms with Crippen molar-refractivity contribution in [1.29, 1.82) is 0 Å². The maximum absolute atomic E-state index is 3.27. The van der Waals surface area contributed by atoms with Crippen LogP contribution in [0.25, 0.3) is 0 Å². The van der Waals surface area contributed by atoms with Crippen LogP contribution in [0.5, 0.6) is 0 Å². The van der Waals surface area contributed by atoms with Crippen molar-refractivity contribution in [2.24, 2.45) is 5.41 Å². The Hall–Kier alpha value is -0.0900. The molecule has 0 aromatic heterocycles. The van der Waals surface area contributed by atoms with Gasteiger partial charge < -0.3 is 0 Å². The van der Waals surface area contributed by atoms with Gasteiger partial charge in [-0.1, -0.05) is 18.8 Å². The minimum Gasteiger partial charge on any atom is -0.146 e. The van der Waals surface area contributed by atoms with E-state index in [-0.39, 0.29) is 5.41 Å². The molecular weight excluding hydrogens is 164 g/mol. The standard InChI is InChI=1S/C11H20S/c1-6-9-12-10(2)7-8-11(3,4)5/h10H,6,9H2,1-5H3. The number of rotatable bonds is 3. The van der Waals surface area contributed by atoms with Crippen LogP contribution in [-0.4, -0.2) is 11.0 Å². The summed E-state index contributed by atoms with van der Waals surface area (Å²) in [5, 5.41) is 0.490. The summed E-state index contributed by atoms with van der Waals surface area (Å²) in [5.41, 5.74) is 0.154. The average molecular weight is 184 g/mol.